The maximum Gasteiger partial charge on any atom is 0.416 e. The standard InChI is InChI=1S/C15H16F3NO3/c16-15(17,18)12-5-2-1-4-9(12)10-8-11(10)14(22)19-7-3-6-13(20)21/h1-2,4-5,10-11H,3,6-8H2,(H,19,22)(H,20,21)/t10-,11+/m1/s1. The molecule has 0 saturated heterocycles. The minimum Gasteiger partial charge on any atom is -0.481 e. The molecule has 0 aliphatic heterocycles. The number of benzene rings is 1. The fraction of sp³-hybridized carbons (Fsp3) is 0.467. The lowest BCUT2D eigenvalue weighted by molar-refractivity contribution is -0.138. The molecular weight excluding hydrogens is 299 g/mol. The number of halogens is 3. The topological polar surface area (TPSA) is 66.4 Å². The van der Waals surface area contributed by atoms with Crippen LogP contribution in [0.3, 0.4) is 0 Å². The maximum absolute atomic E-state index is 12.9. The first kappa shape index (κ1) is 16.3. The molecule has 1 aromatic rings. The van der Waals surface area contributed by atoms with E-state index in [0.29, 0.717) is 12.8 Å². The highest BCUT2D eigenvalue weighted by atomic mass is 19.4. The lowest BCUT2D eigenvalue weighted by atomic mass is 10.0. The van der Waals surface area contributed by atoms with Crippen molar-refractivity contribution in [2.24, 2.45) is 5.92 Å². The molecule has 1 amide bonds. The van der Waals surface area contributed by atoms with E-state index in [-0.39, 0.29) is 24.4 Å². The van der Waals surface area contributed by atoms with Crippen molar-refractivity contribution in [3.63, 3.8) is 0 Å². The van der Waals surface area contributed by atoms with Crippen molar-refractivity contribution in [2.45, 2.75) is 31.4 Å². The van der Waals surface area contributed by atoms with Gasteiger partial charge in [-0.3, -0.25) is 9.59 Å². The molecule has 120 valence electrons. The van der Waals surface area contributed by atoms with Crippen LogP contribution >= 0.6 is 0 Å². The third kappa shape index (κ3) is 3.99. The predicted molar refractivity (Wildman–Crippen MR) is 72.2 cm³/mol. The normalized spacial score (nSPS) is 20.5. The lowest BCUT2D eigenvalue weighted by Gasteiger charge is -2.12. The summed E-state index contributed by atoms with van der Waals surface area (Å²) in [6, 6.07) is 5.29. The van der Waals surface area contributed by atoms with Gasteiger partial charge in [0.2, 0.25) is 5.91 Å². The zero-order valence-corrected chi connectivity index (χ0v) is 11.7. The van der Waals surface area contributed by atoms with Crippen LogP contribution in [0, 0.1) is 5.92 Å². The Bertz CT molecular complexity index is 571. The average Bonchev–Trinajstić information content (AvgIpc) is 3.22. The molecule has 2 atom stereocenters. The summed E-state index contributed by atoms with van der Waals surface area (Å²) >= 11 is 0. The molecule has 0 aromatic heterocycles. The Morgan fingerprint density at radius 2 is 1.95 bits per heavy atom. The molecule has 1 aliphatic carbocycles. The second-order valence-electron chi connectivity index (χ2n) is 5.32. The van der Waals surface area contributed by atoms with Crippen LogP contribution in [0.15, 0.2) is 24.3 Å². The van der Waals surface area contributed by atoms with Gasteiger partial charge in [-0.15, -0.1) is 0 Å². The smallest absolute Gasteiger partial charge is 0.416 e. The number of hydrogen-bond donors (Lipinski definition) is 2. The van der Waals surface area contributed by atoms with E-state index >= 15 is 0 Å². The summed E-state index contributed by atoms with van der Waals surface area (Å²) in [5.74, 6) is -2.14. The summed E-state index contributed by atoms with van der Waals surface area (Å²) < 4.78 is 38.8. The first-order chi connectivity index (χ1) is 10.3. The van der Waals surface area contributed by atoms with E-state index in [9.17, 15) is 22.8 Å². The van der Waals surface area contributed by atoms with Gasteiger partial charge in [-0.05, 0) is 30.4 Å². The molecule has 22 heavy (non-hydrogen) atoms. The molecule has 0 heterocycles. The second-order valence-corrected chi connectivity index (χ2v) is 5.32. The SMILES string of the molecule is O=C(O)CCCNC(=O)[C@H]1C[C@@H]1c1ccccc1C(F)(F)F. The van der Waals surface area contributed by atoms with Crippen molar-refractivity contribution < 1.29 is 27.9 Å². The van der Waals surface area contributed by atoms with E-state index in [1.165, 1.54) is 18.2 Å². The van der Waals surface area contributed by atoms with Crippen LogP contribution in [-0.2, 0) is 15.8 Å². The fourth-order valence-electron chi connectivity index (χ4n) is 2.49. The number of alkyl halides is 3. The van der Waals surface area contributed by atoms with Crippen LogP contribution < -0.4 is 5.32 Å². The number of carbonyl (C=O) groups is 2. The molecule has 1 saturated carbocycles. The van der Waals surface area contributed by atoms with Crippen LogP contribution in [-0.4, -0.2) is 23.5 Å². The molecule has 1 aliphatic rings. The third-order valence-corrected chi connectivity index (χ3v) is 3.66. The van der Waals surface area contributed by atoms with Crippen molar-refractivity contribution in [1.29, 1.82) is 0 Å². The highest BCUT2D eigenvalue weighted by molar-refractivity contribution is 5.83. The minimum atomic E-state index is -4.43. The number of carboxylic acid groups (broad SMARTS) is 1. The van der Waals surface area contributed by atoms with Crippen molar-refractivity contribution >= 4 is 11.9 Å². The molecule has 0 spiro atoms. The number of amides is 1. The van der Waals surface area contributed by atoms with Crippen LogP contribution in [0.4, 0.5) is 13.2 Å². The highest BCUT2D eigenvalue weighted by Crippen LogP contribution is 2.50. The van der Waals surface area contributed by atoms with Gasteiger partial charge in [-0.25, -0.2) is 0 Å². The Labute approximate surface area is 125 Å². The van der Waals surface area contributed by atoms with Gasteiger partial charge in [0.25, 0.3) is 0 Å². The van der Waals surface area contributed by atoms with Crippen molar-refractivity contribution in [3.05, 3.63) is 35.4 Å². The Morgan fingerprint density at radius 1 is 1.27 bits per heavy atom. The van der Waals surface area contributed by atoms with Crippen LogP contribution in [0.1, 0.15) is 36.3 Å². The molecule has 7 heteroatoms. The van der Waals surface area contributed by atoms with E-state index < -0.39 is 29.5 Å². The molecule has 2 N–H and O–H groups in total. The Hall–Kier alpha value is -2.05. The van der Waals surface area contributed by atoms with Gasteiger partial charge in [0.1, 0.15) is 0 Å². The van der Waals surface area contributed by atoms with E-state index in [4.69, 9.17) is 5.11 Å². The summed E-state index contributed by atoms with van der Waals surface area (Å²) in [5, 5.41) is 11.1. The largest absolute Gasteiger partial charge is 0.481 e. The molecule has 1 fully saturated rings. The molecule has 1 aromatic carbocycles. The maximum atomic E-state index is 12.9. The summed E-state index contributed by atoms with van der Waals surface area (Å²) in [7, 11) is 0. The Kier molecular flexibility index (Phi) is 4.73. The zero-order valence-electron chi connectivity index (χ0n) is 11.7. The number of rotatable bonds is 6. The first-order valence-corrected chi connectivity index (χ1v) is 6.96. The fourth-order valence-corrected chi connectivity index (χ4v) is 2.49. The van der Waals surface area contributed by atoms with Crippen molar-refractivity contribution in [3.8, 4) is 0 Å². The Balaban J connectivity index is 1.92. The van der Waals surface area contributed by atoms with Crippen molar-refractivity contribution in [1.82, 2.24) is 5.32 Å². The Morgan fingerprint density at radius 3 is 2.59 bits per heavy atom. The number of carboxylic acids is 1. The zero-order chi connectivity index (χ0) is 16.3. The summed E-state index contributed by atoms with van der Waals surface area (Å²) in [5.41, 5.74) is -0.540. The lowest BCUT2D eigenvalue weighted by Crippen LogP contribution is -2.27. The van der Waals surface area contributed by atoms with Crippen LogP contribution in [0.25, 0.3) is 0 Å². The monoisotopic (exact) mass is 315 g/mol. The summed E-state index contributed by atoms with van der Waals surface area (Å²) in [6.07, 6.45) is -3.79. The van der Waals surface area contributed by atoms with Gasteiger partial charge in [0.15, 0.2) is 0 Å². The number of nitrogens with one attached hydrogen (secondary N) is 1. The van der Waals surface area contributed by atoms with Gasteiger partial charge in [-0.1, -0.05) is 18.2 Å². The first-order valence-electron chi connectivity index (χ1n) is 6.96. The average molecular weight is 315 g/mol. The van der Waals surface area contributed by atoms with E-state index in [1.807, 2.05) is 0 Å². The molecule has 2 rings (SSSR count). The molecule has 4 nitrogen and oxygen atoms in total. The van der Waals surface area contributed by atoms with Gasteiger partial charge in [-0.2, -0.15) is 13.2 Å². The summed E-state index contributed by atoms with van der Waals surface area (Å²) in [4.78, 5) is 22.2. The molecule has 0 radical (unpaired) electrons. The van der Waals surface area contributed by atoms with Gasteiger partial charge in [0.05, 0.1) is 5.56 Å². The van der Waals surface area contributed by atoms with Gasteiger partial charge >= 0.3 is 12.1 Å². The predicted octanol–water partition coefficient (Wildman–Crippen LogP) is 2.79. The molecular formula is C15H16F3NO3. The minimum absolute atomic E-state index is 0.0503. The van der Waals surface area contributed by atoms with Gasteiger partial charge < -0.3 is 10.4 Å². The van der Waals surface area contributed by atoms with Crippen molar-refractivity contribution in [2.75, 3.05) is 6.54 Å². The van der Waals surface area contributed by atoms with Gasteiger partial charge in [0, 0.05) is 18.9 Å². The summed E-state index contributed by atoms with van der Waals surface area (Å²) in [6.45, 7) is 0.218. The molecule has 0 unspecified atom stereocenters. The third-order valence-electron chi connectivity index (χ3n) is 3.66. The van der Waals surface area contributed by atoms with Crippen LogP contribution in [0.5, 0.6) is 0 Å². The number of hydrogen-bond acceptors (Lipinski definition) is 2. The second kappa shape index (κ2) is 6.37. The van der Waals surface area contributed by atoms with E-state index in [1.54, 1.807) is 0 Å². The number of aliphatic carboxylic acids is 1. The van der Waals surface area contributed by atoms with Crippen LogP contribution in [0.2, 0.25) is 0 Å². The van der Waals surface area contributed by atoms with E-state index in [2.05, 4.69) is 5.32 Å². The number of carbonyl (C=O) groups excluding carboxylic acids is 1. The highest BCUT2D eigenvalue weighted by Gasteiger charge is 2.47. The quantitative estimate of drug-likeness (QED) is 0.793. The van der Waals surface area contributed by atoms with E-state index in [0.717, 1.165) is 6.07 Å². The molecule has 0 bridgehead atoms.